The maximum atomic E-state index is 10.1. The molecule has 0 bridgehead atoms. The molecular formula is C8H14O2. The van der Waals surface area contributed by atoms with Crippen molar-refractivity contribution in [3.05, 3.63) is 12.2 Å². The van der Waals surface area contributed by atoms with Crippen molar-refractivity contribution in [2.24, 2.45) is 5.92 Å². The summed E-state index contributed by atoms with van der Waals surface area (Å²) < 4.78 is 0. The van der Waals surface area contributed by atoms with Gasteiger partial charge in [-0.2, -0.15) is 0 Å². The topological polar surface area (TPSA) is 37.3 Å². The molecule has 0 aliphatic rings. The van der Waals surface area contributed by atoms with Crippen molar-refractivity contribution in [1.29, 1.82) is 0 Å². The van der Waals surface area contributed by atoms with Gasteiger partial charge < -0.3 is 9.90 Å². The number of aliphatic hydroxyl groups excluding tert-OH is 1. The summed E-state index contributed by atoms with van der Waals surface area (Å²) in [5, 5.41) is 9.00. The molecule has 0 aliphatic carbocycles. The minimum atomic E-state index is -0.401. The van der Waals surface area contributed by atoms with Crippen LogP contribution in [0.5, 0.6) is 0 Å². The van der Waals surface area contributed by atoms with Crippen LogP contribution in [-0.2, 0) is 4.79 Å². The van der Waals surface area contributed by atoms with Gasteiger partial charge in [-0.25, -0.2) is 0 Å². The fourth-order valence-electron chi connectivity index (χ4n) is 0.485. The standard InChI is InChI=1S/C8H14O2/c1-3-8(10)5-4-7(2)6-9/h4-8,10H,3H2,1-2H3. The molecule has 1 N–H and O–H groups in total. The molecule has 0 aromatic heterocycles. The van der Waals surface area contributed by atoms with Gasteiger partial charge in [0.15, 0.2) is 0 Å². The van der Waals surface area contributed by atoms with Gasteiger partial charge in [-0.05, 0) is 6.42 Å². The zero-order chi connectivity index (χ0) is 7.98. The second-order valence-corrected chi connectivity index (χ2v) is 2.36. The molecule has 0 aromatic rings. The van der Waals surface area contributed by atoms with Crippen LogP contribution >= 0.6 is 0 Å². The summed E-state index contributed by atoms with van der Waals surface area (Å²) in [6.07, 6.45) is 4.50. The summed E-state index contributed by atoms with van der Waals surface area (Å²) >= 11 is 0. The quantitative estimate of drug-likeness (QED) is 0.472. The van der Waals surface area contributed by atoms with Crippen LogP contribution in [0.3, 0.4) is 0 Å². The van der Waals surface area contributed by atoms with Crippen LogP contribution in [0.4, 0.5) is 0 Å². The van der Waals surface area contributed by atoms with E-state index in [9.17, 15) is 4.79 Å². The van der Waals surface area contributed by atoms with Crippen LogP contribution in [0.25, 0.3) is 0 Å². The van der Waals surface area contributed by atoms with E-state index in [0.29, 0.717) is 6.42 Å². The Morgan fingerprint density at radius 1 is 1.50 bits per heavy atom. The fourth-order valence-corrected chi connectivity index (χ4v) is 0.485. The van der Waals surface area contributed by atoms with Crippen LogP contribution in [0, 0.1) is 5.92 Å². The van der Waals surface area contributed by atoms with Crippen molar-refractivity contribution < 1.29 is 9.90 Å². The maximum Gasteiger partial charge on any atom is 0.126 e. The average molecular weight is 142 g/mol. The molecule has 0 aliphatic heterocycles. The van der Waals surface area contributed by atoms with Crippen LogP contribution in [0.15, 0.2) is 12.2 Å². The summed E-state index contributed by atoms with van der Waals surface area (Å²) in [6.45, 7) is 3.67. The van der Waals surface area contributed by atoms with Gasteiger partial charge in [-0.1, -0.05) is 26.0 Å². The van der Waals surface area contributed by atoms with E-state index >= 15 is 0 Å². The van der Waals surface area contributed by atoms with Gasteiger partial charge in [-0.15, -0.1) is 0 Å². The molecule has 0 spiro atoms. The fraction of sp³-hybridized carbons (Fsp3) is 0.625. The highest BCUT2D eigenvalue weighted by Crippen LogP contribution is 1.96. The van der Waals surface area contributed by atoms with Gasteiger partial charge in [0.1, 0.15) is 6.29 Å². The van der Waals surface area contributed by atoms with E-state index in [2.05, 4.69) is 0 Å². The van der Waals surface area contributed by atoms with E-state index in [-0.39, 0.29) is 5.92 Å². The molecule has 2 nitrogen and oxygen atoms in total. The van der Waals surface area contributed by atoms with Crippen molar-refractivity contribution in [2.75, 3.05) is 0 Å². The van der Waals surface area contributed by atoms with Crippen molar-refractivity contribution in [1.82, 2.24) is 0 Å². The lowest BCUT2D eigenvalue weighted by Crippen LogP contribution is -2.00. The molecule has 0 amide bonds. The summed E-state index contributed by atoms with van der Waals surface area (Å²) in [4.78, 5) is 10.1. The monoisotopic (exact) mass is 142 g/mol. The summed E-state index contributed by atoms with van der Waals surface area (Å²) in [7, 11) is 0. The summed E-state index contributed by atoms with van der Waals surface area (Å²) in [6, 6.07) is 0. The Morgan fingerprint density at radius 2 is 2.10 bits per heavy atom. The Labute approximate surface area is 61.6 Å². The smallest absolute Gasteiger partial charge is 0.126 e. The molecule has 2 unspecified atom stereocenters. The Hall–Kier alpha value is -0.630. The lowest BCUT2D eigenvalue weighted by molar-refractivity contribution is -0.109. The third-order valence-corrected chi connectivity index (χ3v) is 1.27. The number of carbonyl (C=O) groups is 1. The lowest BCUT2D eigenvalue weighted by atomic mass is 10.1. The van der Waals surface area contributed by atoms with Crippen molar-refractivity contribution in [2.45, 2.75) is 26.4 Å². The Balaban J connectivity index is 3.62. The van der Waals surface area contributed by atoms with Crippen LogP contribution < -0.4 is 0 Å². The number of hydrogen-bond donors (Lipinski definition) is 1. The normalized spacial score (nSPS) is 17.1. The first-order chi connectivity index (χ1) is 4.70. The van der Waals surface area contributed by atoms with Crippen molar-refractivity contribution >= 4 is 6.29 Å². The molecule has 58 valence electrons. The first kappa shape index (κ1) is 9.37. The zero-order valence-corrected chi connectivity index (χ0v) is 6.45. The molecule has 2 atom stereocenters. The number of carbonyl (C=O) groups excluding carboxylic acids is 1. The third-order valence-electron chi connectivity index (χ3n) is 1.27. The highest BCUT2D eigenvalue weighted by molar-refractivity contribution is 5.55. The van der Waals surface area contributed by atoms with Gasteiger partial charge in [0.05, 0.1) is 6.10 Å². The number of rotatable bonds is 4. The molecule has 0 aromatic carbocycles. The zero-order valence-electron chi connectivity index (χ0n) is 6.45. The van der Waals surface area contributed by atoms with Gasteiger partial charge in [0, 0.05) is 5.92 Å². The predicted molar refractivity (Wildman–Crippen MR) is 40.7 cm³/mol. The van der Waals surface area contributed by atoms with Gasteiger partial charge in [0.25, 0.3) is 0 Å². The van der Waals surface area contributed by atoms with E-state index in [1.165, 1.54) is 0 Å². The van der Waals surface area contributed by atoms with E-state index in [4.69, 9.17) is 5.11 Å². The molecule has 0 heterocycles. The van der Waals surface area contributed by atoms with E-state index in [1.807, 2.05) is 6.92 Å². The lowest BCUT2D eigenvalue weighted by Gasteiger charge is -1.99. The predicted octanol–water partition coefficient (Wildman–Crippen LogP) is 1.15. The second kappa shape index (κ2) is 5.18. The summed E-state index contributed by atoms with van der Waals surface area (Å²) in [5.74, 6) is -0.0822. The molecule has 0 fully saturated rings. The second-order valence-electron chi connectivity index (χ2n) is 2.36. The van der Waals surface area contributed by atoms with Gasteiger partial charge in [-0.3, -0.25) is 0 Å². The van der Waals surface area contributed by atoms with Gasteiger partial charge >= 0.3 is 0 Å². The van der Waals surface area contributed by atoms with E-state index in [1.54, 1.807) is 19.1 Å². The van der Waals surface area contributed by atoms with Crippen molar-refractivity contribution in [3.8, 4) is 0 Å². The average Bonchev–Trinajstić information content (AvgIpc) is 1.99. The number of aliphatic hydroxyl groups is 1. The Bertz CT molecular complexity index is 118. The van der Waals surface area contributed by atoms with E-state index < -0.39 is 6.10 Å². The first-order valence-corrected chi connectivity index (χ1v) is 3.52. The third kappa shape index (κ3) is 4.27. The highest BCUT2D eigenvalue weighted by Gasteiger charge is 1.95. The molecule has 0 radical (unpaired) electrons. The molecule has 0 saturated heterocycles. The van der Waals surface area contributed by atoms with E-state index in [0.717, 1.165) is 6.29 Å². The summed E-state index contributed by atoms with van der Waals surface area (Å²) in [5.41, 5.74) is 0. The number of hydrogen-bond acceptors (Lipinski definition) is 2. The minimum Gasteiger partial charge on any atom is -0.389 e. The van der Waals surface area contributed by atoms with Crippen LogP contribution in [-0.4, -0.2) is 17.5 Å². The number of allylic oxidation sites excluding steroid dienone is 1. The maximum absolute atomic E-state index is 10.1. The molecule has 0 rings (SSSR count). The molecular weight excluding hydrogens is 128 g/mol. The Morgan fingerprint density at radius 3 is 2.50 bits per heavy atom. The molecule has 10 heavy (non-hydrogen) atoms. The Kier molecular flexibility index (Phi) is 4.85. The van der Waals surface area contributed by atoms with Crippen LogP contribution in [0.1, 0.15) is 20.3 Å². The SMILES string of the molecule is CCC(O)C=CC(C)C=O. The van der Waals surface area contributed by atoms with Gasteiger partial charge in [0.2, 0.25) is 0 Å². The van der Waals surface area contributed by atoms with Crippen molar-refractivity contribution in [3.63, 3.8) is 0 Å². The largest absolute Gasteiger partial charge is 0.389 e. The van der Waals surface area contributed by atoms with Crippen LogP contribution in [0.2, 0.25) is 0 Å². The highest BCUT2D eigenvalue weighted by atomic mass is 16.3. The minimum absolute atomic E-state index is 0.0822. The number of aldehydes is 1. The molecule has 0 saturated carbocycles. The molecule has 2 heteroatoms. The first-order valence-electron chi connectivity index (χ1n) is 3.52.